The zero-order chi connectivity index (χ0) is 11.9. The third-order valence-electron chi connectivity index (χ3n) is 2.81. The third kappa shape index (κ3) is 6.09. The zero-order valence-electron chi connectivity index (χ0n) is 10.9. The average molecular weight is 246 g/mol. The van der Waals surface area contributed by atoms with Crippen LogP contribution >= 0.6 is 11.8 Å². The highest BCUT2D eigenvalue weighted by atomic mass is 32.2. The van der Waals surface area contributed by atoms with Gasteiger partial charge in [-0.2, -0.15) is 11.8 Å². The molecule has 1 heterocycles. The van der Waals surface area contributed by atoms with Crippen LogP contribution < -0.4 is 5.32 Å². The summed E-state index contributed by atoms with van der Waals surface area (Å²) in [6.45, 7) is 11.4. The van der Waals surface area contributed by atoms with Gasteiger partial charge < -0.3 is 10.1 Å². The molecule has 1 saturated heterocycles. The average Bonchev–Trinajstić information content (AvgIpc) is 2.22. The van der Waals surface area contributed by atoms with E-state index in [0.717, 1.165) is 26.1 Å². The van der Waals surface area contributed by atoms with Gasteiger partial charge in [0.2, 0.25) is 0 Å². The fourth-order valence-corrected chi connectivity index (χ4v) is 3.18. The predicted octanol–water partition coefficient (Wildman–Crippen LogP) is 1.44. The van der Waals surface area contributed by atoms with Gasteiger partial charge >= 0.3 is 0 Å². The molecule has 4 heteroatoms. The van der Waals surface area contributed by atoms with Crippen molar-refractivity contribution in [1.82, 2.24) is 10.2 Å². The lowest BCUT2D eigenvalue weighted by Gasteiger charge is -2.37. The Morgan fingerprint density at radius 1 is 1.38 bits per heavy atom. The summed E-state index contributed by atoms with van der Waals surface area (Å²) in [5, 5.41) is 3.47. The van der Waals surface area contributed by atoms with Crippen molar-refractivity contribution in [3.8, 4) is 0 Å². The second-order valence-electron chi connectivity index (χ2n) is 4.98. The van der Waals surface area contributed by atoms with Gasteiger partial charge in [-0.15, -0.1) is 0 Å². The summed E-state index contributed by atoms with van der Waals surface area (Å²) in [7, 11) is 1.76. The Labute approximate surface area is 104 Å². The molecule has 0 bridgehead atoms. The van der Waals surface area contributed by atoms with Crippen LogP contribution in [0.1, 0.15) is 20.3 Å². The van der Waals surface area contributed by atoms with Gasteiger partial charge in [0, 0.05) is 50.4 Å². The van der Waals surface area contributed by atoms with E-state index in [1.165, 1.54) is 25.4 Å². The number of nitrogens with one attached hydrogen (secondary N) is 1. The maximum atomic E-state index is 5.01. The summed E-state index contributed by atoms with van der Waals surface area (Å²) in [5.41, 5.74) is 0. The van der Waals surface area contributed by atoms with Crippen LogP contribution in [-0.4, -0.2) is 61.8 Å². The summed E-state index contributed by atoms with van der Waals surface area (Å²) in [5.74, 6) is 1.27. The number of rotatable bonds is 7. The van der Waals surface area contributed by atoms with Crippen LogP contribution in [0, 0.1) is 0 Å². The van der Waals surface area contributed by atoms with Gasteiger partial charge in [0.05, 0.1) is 0 Å². The molecule has 0 unspecified atom stereocenters. The molecule has 1 N–H and O–H groups in total. The van der Waals surface area contributed by atoms with Gasteiger partial charge in [-0.3, -0.25) is 4.90 Å². The van der Waals surface area contributed by atoms with E-state index >= 15 is 0 Å². The van der Waals surface area contributed by atoms with Gasteiger partial charge in [-0.1, -0.05) is 0 Å². The molecule has 1 aliphatic rings. The van der Waals surface area contributed by atoms with Gasteiger partial charge in [0.1, 0.15) is 0 Å². The Hall–Kier alpha value is 0.230. The van der Waals surface area contributed by atoms with Crippen LogP contribution in [0.2, 0.25) is 0 Å². The molecule has 1 aliphatic heterocycles. The van der Waals surface area contributed by atoms with E-state index in [4.69, 9.17) is 4.74 Å². The first-order valence-electron chi connectivity index (χ1n) is 6.20. The smallest absolute Gasteiger partial charge is 0.0474 e. The SMILES string of the molecule is COCCCNCCN1CCSC(C)(C)C1. The monoisotopic (exact) mass is 246 g/mol. The Bertz CT molecular complexity index is 188. The Morgan fingerprint density at radius 3 is 2.88 bits per heavy atom. The van der Waals surface area contributed by atoms with Crippen LogP contribution in [0.25, 0.3) is 0 Å². The van der Waals surface area contributed by atoms with E-state index in [9.17, 15) is 0 Å². The molecule has 0 saturated carbocycles. The molecular weight excluding hydrogens is 220 g/mol. The standard InChI is InChI=1S/C12H26N2OS/c1-12(2)11-14(8-10-16-12)7-6-13-5-4-9-15-3/h13H,4-11H2,1-3H3. The van der Waals surface area contributed by atoms with Gasteiger partial charge in [0.25, 0.3) is 0 Å². The molecule has 1 rings (SSSR count). The number of thioether (sulfide) groups is 1. The molecule has 0 aliphatic carbocycles. The van der Waals surface area contributed by atoms with Crippen molar-refractivity contribution in [1.29, 1.82) is 0 Å². The van der Waals surface area contributed by atoms with Crippen molar-refractivity contribution in [3.63, 3.8) is 0 Å². The van der Waals surface area contributed by atoms with Crippen molar-refractivity contribution >= 4 is 11.8 Å². The van der Waals surface area contributed by atoms with Gasteiger partial charge in [0.15, 0.2) is 0 Å². The molecule has 0 aromatic carbocycles. The summed E-state index contributed by atoms with van der Waals surface area (Å²) in [6, 6.07) is 0. The predicted molar refractivity (Wildman–Crippen MR) is 72.3 cm³/mol. The largest absolute Gasteiger partial charge is 0.385 e. The lowest BCUT2D eigenvalue weighted by molar-refractivity contribution is 0.193. The molecule has 1 fully saturated rings. The molecular formula is C12H26N2OS. The second-order valence-corrected chi connectivity index (χ2v) is 6.78. The minimum absolute atomic E-state index is 0.439. The highest BCUT2D eigenvalue weighted by molar-refractivity contribution is 8.00. The van der Waals surface area contributed by atoms with E-state index < -0.39 is 0 Å². The maximum absolute atomic E-state index is 5.01. The van der Waals surface area contributed by atoms with Crippen LogP contribution in [-0.2, 0) is 4.74 Å². The maximum Gasteiger partial charge on any atom is 0.0474 e. The molecule has 0 spiro atoms. The molecule has 96 valence electrons. The molecule has 0 atom stereocenters. The minimum Gasteiger partial charge on any atom is -0.385 e. The fourth-order valence-electron chi connectivity index (χ4n) is 2.01. The lowest BCUT2D eigenvalue weighted by Crippen LogP contribution is -2.45. The molecule has 16 heavy (non-hydrogen) atoms. The van der Waals surface area contributed by atoms with Gasteiger partial charge in [-0.05, 0) is 26.8 Å². The van der Waals surface area contributed by atoms with E-state index in [-0.39, 0.29) is 0 Å². The first-order valence-corrected chi connectivity index (χ1v) is 7.18. The molecule has 3 nitrogen and oxygen atoms in total. The topological polar surface area (TPSA) is 24.5 Å². The fraction of sp³-hybridized carbons (Fsp3) is 1.00. The summed E-state index contributed by atoms with van der Waals surface area (Å²) >= 11 is 2.10. The Balaban J connectivity index is 2.00. The summed E-state index contributed by atoms with van der Waals surface area (Å²) in [6.07, 6.45) is 1.11. The first-order chi connectivity index (χ1) is 7.64. The quantitative estimate of drug-likeness (QED) is 0.687. The first kappa shape index (κ1) is 14.3. The van der Waals surface area contributed by atoms with Crippen LogP contribution in [0.3, 0.4) is 0 Å². The van der Waals surface area contributed by atoms with E-state index in [2.05, 4.69) is 35.8 Å². The van der Waals surface area contributed by atoms with Crippen molar-refractivity contribution in [2.24, 2.45) is 0 Å². The van der Waals surface area contributed by atoms with E-state index in [1.807, 2.05) is 0 Å². The van der Waals surface area contributed by atoms with E-state index in [0.29, 0.717) is 4.75 Å². The van der Waals surface area contributed by atoms with E-state index in [1.54, 1.807) is 7.11 Å². The molecule has 0 amide bonds. The third-order valence-corrected chi connectivity index (χ3v) is 4.11. The lowest BCUT2D eigenvalue weighted by atomic mass is 10.2. The van der Waals surface area contributed by atoms with Crippen LogP contribution in [0.4, 0.5) is 0 Å². The number of ether oxygens (including phenoxy) is 1. The molecule has 0 aromatic rings. The second kappa shape index (κ2) is 7.54. The summed E-state index contributed by atoms with van der Waals surface area (Å²) in [4.78, 5) is 2.57. The summed E-state index contributed by atoms with van der Waals surface area (Å²) < 4.78 is 5.45. The van der Waals surface area contributed by atoms with Gasteiger partial charge in [-0.25, -0.2) is 0 Å². The number of methoxy groups -OCH3 is 1. The van der Waals surface area contributed by atoms with Crippen LogP contribution in [0.15, 0.2) is 0 Å². The Morgan fingerprint density at radius 2 is 2.19 bits per heavy atom. The highest BCUT2D eigenvalue weighted by Crippen LogP contribution is 2.28. The Kier molecular flexibility index (Phi) is 6.73. The normalized spacial score (nSPS) is 21.2. The number of nitrogens with zero attached hydrogens (tertiary/aromatic N) is 1. The van der Waals surface area contributed by atoms with Crippen molar-refractivity contribution in [2.45, 2.75) is 25.0 Å². The van der Waals surface area contributed by atoms with Crippen molar-refractivity contribution in [2.75, 3.05) is 52.2 Å². The minimum atomic E-state index is 0.439. The number of hydrogen-bond acceptors (Lipinski definition) is 4. The van der Waals surface area contributed by atoms with Crippen LogP contribution in [0.5, 0.6) is 0 Å². The highest BCUT2D eigenvalue weighted by Gasteiger charge is 2.26. The zero-order valence-corrected chi connectivity index (χ0v) is 11.7. The number of hydrogen-bond donors (Lipinski definition) is 1. The molecule has 0 radical (unpaired) electrons. The van der Waals surface area contributed by atoms with Crippen molar-refractivity contribution in [3.05, 3.63) is 0 Å². The van der Waals surface area contributed by atoms with Crippen molar-refractivity contribution < 1.29 is 4.74 Å². The molecule has 0 aromatic heterocycles.